The summed E-state index contributed by atoms with van der Waals surface area (Å²) < 4.78 is 4.26. The highest BCUT2D eigenvalue weighted by Crippen LogP contribution is 2.31. The van der Waals surface area contributed by atoms with Crippen molar-refractivity contribution < 1.29 is 0 Å². The van der Waals surface area contributed by atoms with Gasteiger partial charge in [0.25, 0.3) is 0 Å². The monoisotopic (exact) mass is 413 g/mol. The summed E-state index contributed by atoms with van der Waals surface area (Å²) in [5, 5.41) is 8.08. The van der Waals surface area contributed by atoms with E-state index >= 15 is 0 Å². The zero-order valence-electron chi connectivity index (χ0n) is 12.7. The van der Waals surface area contributed by atoms with Crippen molar-refractivity contribution in [3.8, 4) is 0 Å². The van der Waals surface area contributed by atoms with Gasteiger partial charge in [-0.1, -0.05) is 35.8 Å². The molecular formula is C16H21Br2N3. The standard InChI is InChI=1S/C16H21Br2N3/c1-4-6-21-16(14(18)10-20-21)15(19-5-2)12-7-11(3)8-13(17)9-12/h7-10,15,19H,4-6H2,1-3H3. The van der Waals surface area contributed by atoms with E-state index in [2.05, 4.69) is 85.9 Å². The van der Waals surface area contributed by atoms with Crippen LogP contribution < -0.4 is 5.32 Å². The van der Waals surface area contributed by atoms with E-state index in [0.717, 1.165) is 28.5 Å². The molecule has 3 nitrogen and oxygen atoms in total. The number of halogens is 2. The number of benzene rings is 1. The summed E-state index contributed by atoms with van der Waals surface area (Å²) in [6.45, 7) is 8.25. The molecule has 5 heteroatoms. The van der Waals surface area contributed by atoms with Gasteiger partial charge in [-0.2, -0.15) is 5.10 Å². The number of nitrogens with one attached hydrogen (secondary N) is 1. The average Bonchev–Trinajstić information content (AvgIpc) is 2.77. The van der Waals surface area contributed by atoms with Crippen LogP contribution in [0.25, 0.3) is 0 Å². The number of hydrogen-bond donors (Lipinski definition) is 1. The molecule has 1 unspecified atom stereocenters. The first-order valence-corrected chi connectivity index (χ1v) is 8.87. The van der Waals surface area contributed by atoms with Crippen LogP contribution in [0, 0.1) is 6.92 Å². The molecule has 2 rings (SSSR count). The average molecular weight is 415 g/mol. The topological polar surface area (TPSA) is 29.9 Å². The molecule has 1 atom stereocenters. The molecular weight excluding hydrogens is 394 g/mol. The molecule has 0 aliphatic rings. The third kappa shape index (κ3) is 3.96. The molecule has 0 saturated carbocycles. The zero-order valence-corrected chi connectivity index (χ0v) is 15.8. The van der Waals surface area contributed by atoms with Gasteiger partial charge in [0.1, 0.15) is 0 Å². The van der Waals surface area contributed by atoms with Gasteiger partial charge >= 0.3 is 0 Å². The zero-order chi connectivity index (χ0) is 15.4. The molecule has 1 aromatic carbocycles. The van der Waals surface area contributed by atoms with Gasteiger partial charge in [-0.25, -0.2) is 0 Å². The number of aromatic nitrogens is 2. The van der Waals surface area contributed by atoms with Gasteiger partial charge in [-0.15, -0.1) is 0 Å². The Bertz CT molecular complexity index is 587. The number of rotatable bonds is 6. The summed E-state index contributed by atoms with van der Waals surface area (Å²) in [4.78, 5) is 0. The minimum atomic E-state index is 0.134. The molecule has 1 N–H and O–H groups in total. The first kappa shape index (κ1) is 16.7. The van der Waals surface area contributed by atoms with Crippen molar-refractivity contribution in [3.63, 3.8) is 0 Å². The molecule has 0 aliphatic heterocycles. The van der Waals surface area contributed by atoms with Crippen LogP contribution in [0.1, 0.15) is 43.1 Å². The largest absolute Gasteiger partial charge is 0.305 e. The minimum absolute atomic E-state index is 0.134. The number of nitrogens with zero attached hydrogens (tertiary/aromatic N) is 2. The summed E-state index contributed by atoms with van der Waals surface area (Å²) in [5.74, 6) is 0. The Balaban J connectivity index is 2.50. The highest BCUT2D eigenvalue weighted by atomic mass is 79.9. The Hall–Kier alpha value is -0.650. The fourth-order valence-electron chi connectivity index (χ4n) is 2.56. The molecule has 0 radical (unpaired) electrons. The molecule has 1 aromatic heterocycles. The third-order valence-corrected chi connectivity index (χ3v) is 4.42. The maximum atomic E-state index is 4.50. The predicted molar refractivity (Wildman–Crippen MR) is 94.6 cm³/mol. The Kier molecular flexibility index (Phi) is 6.02. The van der Waals surface area contributed by atoms with Gasteiger partial charge in [-0.05, 0) is 59.1 Å². The summed E-state index contributed by atoms with van der Waals surface area (Å²) in [7, 11) is 0. The lowest BCUT2D eigenvalue weighted by atomic mass is 10.0. The first-order valence-electron chi connectivity index (χ1n) is 7.28. The van der Waals surface area contributed by atoms with E-state index in [1.165, 1.54) is 16.8 Å². The van der Waals surface area contributed by atoms with E-state index in [1.807, 2.05) is 6.20 Å². The summed E-state index contributed by atoms with van der Waals surface area (Å²) in [5.41, 5.74) is 3.69. The van der Waals surface area contributed by atoms with Crippen LogP contribution in [0.4, 0.5) is 0 Å². The smallest absolute Gasteiger partial charge is 0.0760 e. The van der Waals surface area contributed by atoms with E-state index in [9.17, 15) is 0 Å². The summed E-state index contributed by atoms with van der Waals surface area (Å²) >= 11 is 7.26. The lowest BCUT2D eigenvalue weighted by molar-refractivity contribution is 0.519. The quantitative estimate of drug-likeness (QED) is 0.733. The van der Waals surface area contributed by atoms with Crippen molar-refractivity contribution >= 4 is 31.9 Å². The highest BCUT2D eigenvalue weighted by molar-refractivity contribution is 9.10. The van der Waals surface area contributed by atoms with E-state index < -0.39 is 0 Å². The minimum Gasteiger partial charge on any atom is -0.305 e. The lowest BCUT2D eigenvalue weighted by Crippen LogP contribution is -2.25. The molecule has 1 heterocycles. The van der Waals surface area contributed by atoms with Gasteiger partial charge in [-0.3, -0.25) is 4.68 Å². The van der Waals surface area contributed by atoms with Crippen molar-refractivity contribution in [1.29, 1.82) is 0 Å². The molecule has 2 aromatic rings. The van der Waals surface area contributed by atoms with E-state index in [0.29, 0.717) is 0 Å². The summed E-state index contributed by atoms with van der Waals surface area (Å²) in [6.07, 6.45) is 2.96. The molecule has 0 spiro atoms. The van der Waals surface area contributed by atoms with Gasteiger partial charge in [0.2, 0.25) is 0 Å². The number of aryl methyl sites for hydroxylation is 2. The third-order valence-electron chi connectivity index (χ3n) is 3.35. The Morgan fingerprint density at radius 1 is 1.24 bits per heavy atom. The maximum Gasteiger partial charge on any atom is 0.0760 e. The van der Waals surface area contributed by atoms with Gasteiger partial charge in [0.15, 0.2) is 0 Å². The van der Waals surface area contributed by atoms with Gasteiger partial charge in [0.05, 0.1) is 22.4 Å². The van der Waals surface area contributed by atoms with Crippen LogP contribution in [0.3, 0.4) is 0 Å². The van der Waals surface area contributed by atoms with Crippen LogP contribution in [0.5, 0.6) is 0 Å². The first-order chi connectivity index (χ1) is 10.1. The Labute approximate surface area is 143 Å². The number of hydrogen-bond acceptors (Lipinski definition) is 2. The van der Waals surface area contributed by atoms with Crippen LogP contribution in [-0.4, -0.2) is 16.3 Å². The van der Waals surface area contributed by atoms with Crippen molar-refractivity contribution in [1.82, 2.24) is 15.1 Å². The molecule has 0 fully saturated rings. The second kappa shape index (κ2) is 7.56. The maximum absolute atomic E-state index is 4.50. The molecule has 0 bridgehead atoms. The predicted octanol–water partition coefficient (Wildman–Crippen LogP) is 4.83. The van der Waals surface area contributed by atoms with Gasteiger partial charge < -0.3 is 5.32 Å². The normalized spacial score (nSPS) is 12.6. The second-order valence-corrected chi connectivity index (χ2v) is 6.92. The van der Waals surface area contributed by atoms with Crippen molar-refractivity contribution in [2.45, 2.75) is 39.8 Å². The Morgan fingerprint density at radius 2 is 2.00 bits per heavy atom. The molecule has 0 amide bonds. The van der Waals surface area contributed by atoms with Crippen molar-refractivity contribution in [2.24, 2.45) is 0 Å². The fourth-order valence-corrected chi connectivity index (χ4v) is 3.71. The fraction of sp³-hybridized carbons (Fsp3) is 0.438. The second-order valence-electron chi connectivity index (χ2n) is 5.15. The lowest BCUT2D eigenvalue weighted by Gasteiger charge is -2.21. The van der Waals surface area contributed by atoms with E-state index in [4.69, 9.17) is 0 Å². The SMILES string of the molecule is CCCn1ncc(Br)c1C(NCC)c1cc(C)cc(Br)c1. The highest BCUT2D eigenvalue weighted by Gasteiger charge is 2.21. The van der Waals surface area contributed by atoms with Crippen LogP contribution in [0.15, 0.2) is 33.3 Å². The van der Waals surface area contributed by atoms with Crippen LogP contribution >= 0.6 is 31.9 Å². The molecule has 114 valence electrons. The van der Waals surface area contributed by atoms with E-state index in [1.54, 1.807) is 0 Å². The van der Waals surface area contributed by atoms with Crippen molar-refractivity contribution in [3.05, 3.63) is 50.2 Å². The summed E-state index contributed by atoms with van der Waals surface area (Å²) in [6, 6.07) is 6.67. The molecule has 21 heavy (non-hydrogen) atoms. The van der Waals surface area contributed by atoms with E-state index in [-0.39, 0.29) is 6.04 Å². The van der Waals surface area contributed by atoms with Crippen LogP contribution in [0.2, 0.25) is 0 Å². The van der Waals surface area contributed by atoms with Gasteiger partial charge in [0, 0.05) is 11.0 Å². The molecule has 0 aliphatic carbocycles. The Morgan fingerprint density at radius 3 is 2.62 bits per heavy atom. The van der Waals surface area contributed by atoms with Crippen molar-refractivity contribution in [2.75, 3.05) is 6.54 Å². The van der Waals surface area contributed by atoms with Crippen LogP contribution in [-0.2, 0) is 6.54 Å². The molecule has 0 saturated heterocycles.